The fourth-order valence-corrected chi connectivity index (χ4v) is 3.53. The van der Waals surface area contributed by atoms with Crippen molar-refractivity contribution >= 4 is 46.3 Å². The van der Waals surface area contributed by atoms with Crippen LogP contribution in [0.5, 0.6) is 0 Å². The third-order valence-corrected chi connectivity index (χ3v) is 4.96. The zero-order valence-corrected chi connectivity index (χ0v) is 14.9. The normalized spacial score (nSPS) is 15.0. The highest BCUT2D eigenvalue weighted by Crippen LogP contribution is 2.32. The van der Waals surface area contributed by atoms with Crippen molar-refractivity contribution in [1.82, 2.24) is 14.4 Å². The number of anilines is 2. The van der Waals surface area contributed by atoms with Crippen LogP contribution in [0.1, 0.15) is 36.2 Å². The zero-order valence-electron chi connectivity index (χ0n) is 13.4. The summed E-state index contributed by atoms with van der Waals surface area (Å²) in [7, 11) is 0. The Morgan fingerprint density at radius 1 is 1.12 bits per heavy atom. The third kappa shape index (κ3) is 3.22. The lowest BCUT2D eigenvalue weighted by atomic mass is 10.00. The Kier molecular flexibility index (Phi) is 4.36. The van der Waals surface area contributed by atoms with Gasteiger partial charge in [-0.3, -0.25) is 9.20 Å². The van der Waals surface area contributed by atoms with Gasteiger partial charge < -0.3 is 5.32 Å². The number of rotatable bonds is 4. The number of nitrogens with zero attached hydrogens (tertiary/aromatic N) is 3. The van der Waals surface area contributed by atoms with E-state index in [1.807, 2.05) is 0 Å². The van der Waals surface area contributed by atoms with Crippen LogP contribution in [-0.4, -0.2) is 20.2 Å². The van der Waals surface area contributed by atoms with Gasteiger partial charge in [0.2, 0.25) is 0 Å². The van der Waals surface area contributed by atoms with Crippen LogP contribution in [0.4, 0.5) is 11.6 Å². The van der Waals surface area contributed by atoms with Crippen LogP contribution in [0.15, 0.2) is 36.7 Å². The molecule has 0 aromatic carbocycles. The van der Waals surface area contributed by atoms with Gasteiger partial charge in [0.1, 0.15) is 23.0 Å². The van der Waals surface area contributed by atoms with E-state index < -0.39 is 0 Å². The SMILES string of the molecule is O=C(c1nc2ccc(Cl)cn2c1Nc1ccc(Cl)cn1)C1CCCC1. The molecule has 0 bridgehead atoms. The summed E-state index contributed by atoms with van der Waals surface area (Å²) in [5.74, 6) is 1.30. The smallest absolute Gasteiger partial charge is 0.188 e. The second kappa shape index (κ2) is 6.65. The minimum absolute atomic E-state index is 0.0408. The van der Waals surface area contributed by atoms with E-state index in [2.05, 4.69) is 15.3 Å². The van der Waals surface area contributed by atoms with Crippen molar-refractivity contribution in [2.75, 3.05) is 5.32 Å². The number of carbonyl (C=O) groups is 1. The second-order valence-corrected chi connectivity index (χ2v) is 7.09. The molecule has 128 valence electrons. The van der Waals surface area contributed by atoms with Gasteiger partial charge in [0, 0.05) is 18.3 Å². The van der Waals surface area contributed by atoms with Crippen molar-refractivity contribution in [3.63, 3.8) is 0 Å². The van der Waals surface area contributed by atoms with Crippen LogP contribution in [0.25, 0.3) is 5.65 Å². The summed E-state index contributed by atoms with van der Waals surface area (Å²) >= 11 is 12.0. The largest absolute Gasteiger partial charge is 0.324 e. The van der Waals surface area contributed by atoms with Crippen molar-refractivity contribution in [2.45, 2.75) is 25.7 Å². The van der Waals surface area contributed by atoms with E-state index in [9.17, 15) is 4.79 Å². The Morgan fingerprint density at radius 3 is 2.60 bits per heavy atom. The minimum Gasteiger partial charge on any atom is -0.324 e. The molecule has 0 unspecified atom stereocenters. The highest BCUT2D eigenvalue weighted by atomic mass is 35.5. The molecular weight excluding hydrogens is 359 g/mol. The summed E-state index contributed by atoms with van der Waals surface area (Å²) in [5.41, 5.74) is 1.10. The Labute approximate surface area is 155 Å². The van der Waals surface area contributed by atoms with E-state index in [-0.39, 0.29) is 11.7 Å². The Bertz CT molecular complexity index is 930. The number of halogens is 2. The first-order valence-corrected chi connectivity index (χ1v) is 8.98. The third-order valence-electron chi connectivity index (χ3n) is 4.52. The molecule has 3 aromatic heterocycles. The maximum absolute atomic E-state index is 13.0. The van der Waals surface area contributed by atoms with E-state index in [1.54, 1.807) is 41.1 Å². The monoisotopic (exact) mass is 374 g/mol. The average Bonchev–Trinajstić information content (AvgIpc) is 3.25. The number of Topliss-reactive ketones (excluding diaryl/α,β-unsaturated/α-hetero) is 1. The van der Waals surface area contributed by atoms with Crippen LogP contribution in [0, 0.1) is 5.92 Å². The number of hydrogen-bond donors (Lipinski definition) is 1. The van der Waals surface area contributed by atoms with Crippen molar-refractivity contribution in [1.29, 1.82) is 0 Å². The van der Waals surface area contributed by atoms with Crippen LogP contribution >= 0.6 is 23.2 Å². The average molecular weight is 375 g/mol. The molecule has 1 N–H and O–H groups in total. The molecule has 5 nitrogen and oxygen atoms in total. The fourth-order valence-electron chi connectivity index (χ4n) is 3.26. The number of pyridine rings is 2. The van der Waals surface area contributed by atoms with E-state index in [1.165, 1.54) is 0 Å². The molecule has 1 aliphatic carbocycles. The van der Waals surface area contributed by atoms with Crippen molar-refractivity contribution < 1.29 is 4.79 Å². The summed E-state index contributed by atoms with van der Waals surface area (Å²) in [4.78, 5) is 21.8. The van der Waals surface area contributed by atoms with Gasteiger partial charge in [-0.15, -0.1) is 0 Å². The van der Waals surface area contributed by atoms with Gasteiger partial charge in [-0.2, -0.15) is 0 Å². The first-order chi connectivity index (χ1) is 12.1. The number of nitrogens with one attached hydrogen (secondary N) is 1. The molecule has 0 saturated heterocycles. The van der Waals surface area contributed by atoms with Gasteiger partial charge in [0.05, 0.1) is 10.0 Å². The van der Waals surface area contributed by atoms with Crippen LogP contribution in [-0.2, 0) is 0 Å². The molecule has 0 amide bonds. The number of aromatic nitrogens is 3. The standard InChI is InChI=1S/C18H16Cl2N4O/c19-12-5-7-14(21-9-12)22-18-16(17(25)11-3-1-2-4-11)23-15-8-6-13(20)10-24(15)18/h5-11H,1-4H2,(H,21,22). The molecule has 1 fully saturated rings. The molecule has 0 spiro atoms. The summed E-state index contributed by atoms with van der Waals surface area (Å²) in [6.45, 7) is 0. The number of fused-ring (bicyclic) bond motifs is 1. The molecule has 7 heteroatoms. The van der Waals surface area contributed by atoms with Gasteiger partial charge in [-0.1, -0.05) is 36.0 Å². The molecule has 25 heavy (non-hydrogen) atoms. The van der Waals surface area contributed by atoms with E-state index in [0.29, 0.717) is 33.0 Å². The Hall–Kier alpha value is -2.11. The highest BCUT2D eigenvalue weighted by Gasteiger charge is 2.29. The molecule has 0 aliphatic heterocycles. The minimum atomic E-state index is 0.0408. The maximum atomic E-state index is 13.0. The molecule has 0 atom stereocenters. The van der Waals surface area contributed by atoms with Gasteiger partial charge in [-0.25, -0.2) is 9.97 Å². The van der Waals surface area contributed by atoms with Crippen LogP contribution in [0.2, 0.25) is 10.0 Å². The number of hydrogen-bond acceptors (Lipinski definition) is 4. The molecule has 4 rings (SSSR count). The zero-order chi connectivity index (χ0) is 17.4. The highest BCUT2D eigenvalue weighted by molar-refractivity contribution is 6.30. The van der Waals surface area contributed by atoms with E-state index in [4.69, 9.17) is 23.2 Å². The van der Waals surface area contributed by atoms with Gasteiger partial charge in [0.15, 0.2) is 5.78 Å². The van der Waals surface area contributed by atoms with Crippen molar-refractivity contribution in [3.05, 3.63) is 52.4 Å². The molecule has 3 heterocycles. The first-order valence-electron chi connectivity index (χ1n) is 8.22. The lowest BCUT2D eigenvalue weighted by Gasteiger charge is -2.10. The van der Waals surface area contributed by atoms with Crippen molar-refractivity contribution in [2.24, 2.45) is 5.92 Å². The second-order valence-electron chi connectivity index (χ2n) is 6.22. The van der Waals surface area contributed by atoms with Gasteiger partial charge in [0.25, 0.3) is 0 Å². The number of carbonyl (C=O) groups excluding carboxylic acids is 1. The summed E-state index contributed by atoms with van der Waals surface area (Å²) in [6.07, 6.45) is 7.33. The molecule has 1 saturated carbocycles. The quantitative estimate of drug-likeness (QED) is 0.641. The molecule has 1 aliphatic rings. The molecule has 3 aromatic rings. The summed E-state index contributed by atoms with van der Waals surface area (Å²) in [6, 6.07) is 7.06. The predicted octanol–water partition coefficient (Wildman–Crippen LogP) is 5.15. The lowest BCUT2D eigenvalue weighted by molar-refractivity contribution is 0.0919. The fraction of sp³-hybridized carbons (Fsp3) is 0.278. The van der Waals surface area contributed by atoms with Gasteiger partial charge >= 0.3 is 0 Å². The predicted molar refractivity (Wildman–Crippen MR) is 99.0 cm³/mol. The van der Waals surface area contributed by atoms with Crippen molar-refractivity contribution in [3.8, 4) is 0 Å². The maximum Gasteiger partial charge on any atom is 0.188 e. The first kappa shape index (κ1) is 16.4. The summed E-state index contributed by atoms with van der Waals surface area (Å²) < 4.78 is 1.79. The molecular formula is C18H16Cl2N4O. The van der Waals surface area contributed by atoms with Crippen LogP contribution < -0.4 is 5.32 Å². The summed E-state index contributed by atoms with van der Waals surface area (Å²) in [5, 5.41) is 4.32. The topological polar surface area (TPSA) is 59.3 Å². The Balaban J connectivity index is 1.80. The van der Waals surface area contributed by atoms with E-state index >= 15 is 0 Å². The number of imidazole rings is 1. The lowest BCUT2D eigenvalue weighted by Crippen LogP contribution is -2.13. The number of ketones is 1. The Morgan fingerprint density at radius 2 is 1.88 bits per heavy atom. The van der Waals surface area contributed by atoms with Crippen LogP contribution in [0.3, 0.4) is 0 Å². The molecule has 0 radical (unpaired) electrons. The van der Waals surface area contributed by atoms with Gasteiger partial charge in [-0.05, 0) is 37.1 Å². The van der Waals surface area contributed by atoms with E-state index in [0.717, 1.165) is 25.7 Å².